The summed E-state index contributed by atoms with van der Waals surface area (Å²) in [5.41, 5.74) is 2.73. The molecule has 3 aromatic carbocycles. The van der Waals surface area contributed by atoms with Gasteiger partial charge < -0.3 is 23.7 Å². The summed E-state index contributed by atoms with van der Waals surface area (Å²) in [6.45, 7) is 7.02. The number of hydrogen-bond donors (Lipinski definition) is 1. The summed E-state index contributed by atoms with van der Waals surface area (Å²) in [5, 5.41) is 9.70. The van der Waals surface area contributed by atoms with Crippen LogP contribution in [0.3, 0.4) is 0 Å². The van der Waals surface area contributed by atoms with Crippen molar-refractivity contribution in [1.82, 2.24) is 4.98 Å². The number of carboxylic acids is 1. The van der Waals surface area contributed by atoms with Crippen LogP contribution in [0.4, 0.5) is 0 Å². The molecule has 0 aliphatic heterocycles. The molecule has 4 rings (SSSR count). The summed E-state index contributed by atoms with van der Waals surface area (Å²) >= 11 is 0. The van der Waals surface area contributed by atoms with Crippen LogP contribution in [0.1, 0.15) is 41.2 Å². The monoisotopic (exact) mass is 501 g/mol. The van der Waals surface area contributed by atoms with Crippen molar-refractivity contribution in [2.45, 2.75) is 33.8 Å². The van der Waals surface area contributed by atoms with Crippen LogP contribution in [-0.4, -0.2) is 29.3 Å². The van der Waals surface area contributed by atoms with Crippen LogP contribution < -0.4 is 14.2 Å². The fraction of sp³-hybridized carbons (Fsp3) is 0.267. The molecule has 0 saturated heterocycles. The first-order chi connectivity index (χ1) is 17.9. The van der Waals surface area contributed by atoms with E-state index in [9.17, 15) is 9.90 Å². The van der Waals surface area contributed by atoms with E-state index < -0.39 is 5.97 Å². The zero-order valence-electron chi connectivity index (χ0n) is 21.3. The zero-order valence-corrected chi connectivity index (χ0v) is 21.3. The van der Waals surface area contributed by atoms with E-state index in [2.05, 4.69) is 4.98 Å². The summed E-state index contributed by atoms with van der Waals surface area (Å²) in [5.74, 6) is 1.89. The Hall–Kier alpha value is -4.26. The van der Waals surface area contributed by atoms with Crippen LogP contribution in [0, 0.1) is 12.8 Å². The number of rotatable bonds is 12. The van der Waals surface area contributed by atoms with Crippen molar-refractivity contribution in [3.63, 3.8) is 0 Å². The van der Waals surface area contributed by atoms with E-state index in [0.29, 0.717) is 31.3 Å². The van der Waals surface area contributed by atoms with Gasteiger partial charge in [0.05, 0.1) is 18.9 Å². The molecule has 4 aromatic rings. The summed E-state index contributed by atoms with van der Waals surface area (Å²) in [7, 11) is 0. The van der Waals surface area contributed by atoms with E-state index in [1.54, 1.807) is 18.2 Å². The maximum atomic E-state index is 11.9. The summed E-state index contributed by atoms with van der Waals surface area (Å²) in [6.07, 6.45) is 0.625. The highest BCUT2D eigenvalue weighted by Crippen LogP contribution is 2.30. The summed E-state index contributed by atoms with van der Waals surface area (Å²) in [4.78, 5) is 16.5. The largest absolute Gasteiger partial charge is 0.493 e. The first kappa shape index (κ1) is 25.8. The molecule has 0 spiro atoms. The van der Waals surface area contributed by atoms with Crippen molar-refractivity contribution >= 4 is 5.97 Å². The van der Waals surface area contributed by atoms with Gasteiger partial charge in [-0.25, -0.2) is 9.78 Å². The molecule has 0 aliphatic rings. The number of aryl methyl sites for hydroxylation is 1. The lowest BCUT2D eigenvalue weighted by Crippen LogP contribution is -2.10. The maximum absolute atomic E-state index is 11.9. The number of ether oxygens (including phenoxy) is 3. The fourth-order valence-electron chi connectivity index (χ4n) is 3.69. The van der Waals surface area contributed by atoms with E-state index in [-0.39, 0.29) is 23.8 Å². The average Bonchev–Trinajstić information content (AvgIpc) is 3.27. The maximum Gasteiger partial charge on any atom is 0.343 e. The van der Waals surface area contributed by atoms with Gasteiger partial charge in [-0.3, -0.25) is 0 Å². The Morgan fingerprint density at radius 2 is 1.62 bits per heavy atom. The highest BCUT2D eigenvalue weighted by molar-refractivity contribution is 5.94. The molecule has 0 saturated carbocycles. The van der Waals surface area contributed by atoms with E-state index in [0.717, 1.165) is 28.3 Å². The van der Waals surface area contributed by atoms with Gasteiger partial charge in [0, 0.05) is 12.0 Å². The van der Waals surface area contributed by atoms with Crippen molar-refractivity contribution in [1.29, 1.82) is 0 Å². The van der Waals surface area contributed by atoms with Crippen LogP contribution >= 0.6 is 0 Å². The molecule has 0 amide bonds. The summed E-state index contributed by atoms with van der Waals surface area (Å²) in [6, 6.07) is 22.3. The van der Waals surface area contributed by atoms with Crippen LogP contribution in [-0.2, 0) is 13.0 Å². The minimum Gasteiger partial charge on any atom is -0.493 e. The molecule has 1 heterocycles. The Bertz CT molecular complexity index is 1310. The van der Waals surface area contributed by atoms with Gasteiger partial charge in [-0.1, -0.05) is 50.2 Å². The molecule has 1 aromatic heterocycles. The smallest absolute Gasteiger partial charge is 0.343 e. The molecule has 0 radical (unpaired) electrons. The molecule has 0 atom stereocenters. The van der Waals surface area contributed by atoms with E-state index >= 15 is 0 Å². The highest BCUT2D eigenvalue weighted by atomic mass is 16.5. The van der Waals surface area contributed by atoms with Crippen molar-refractivity contribution in [2.75, 3.05) is 13.2 Å². The van der Waals surface area contributed by atoms with Gasteiger partial charge >= 0.3 is 5.97 Å². The van der Waals surface area contributed by atoms with Gasteiger partial charge in [-0.15, -0.1) is 0 Å². The normalized spacial score (nSPS) is 10.9. The number of benzene rings is 3. The van der Waals surface area contributed by atoms with E-state index in [4.69, 9.17) is 18.6 Å². The Balaban J connectivity index is 1.31. The van der Waals surface area contributed by atoms with E-state index in [1.165, 1.54) is 0 Å². The molecule has 0 fully saturated rings. The van der Waals surface area contributed by atoms with Crippen molar-refractivity contribution in [2.24, 2.45) is 5.92 Å². The first-order valence-electron chi connectivity index (χ1n) is 12.3. The molecule has 192 valence electrons. The fourth-order valence-corrected chi connectivity index (χ4v) is 3.69. The molecule has 37 heavy (non-hydrogen) atoms. The molecule has 0 bridgehead atoms. The van der Waals surface area contributed by atoms with E-state index in [1.807, 2.05) is 75.4 Å². The second-order valence-corrected chi connectivity index (χ2v) is 9.06. The highest BCUT2D eigenvalue weighted by Gasteiger charge is 2.18. The predicted octanol–water partition coefficient (Wildman–Crippen LogP) is 6.58. The number of oxazole rings is 1. The van der Waals surface area contributed by atoms with Crippen molar-refractivity contribution in [3.05, 3.63) is 95.4 Å². The Labute approximate surface area is 216 Å². The molecular formula is C30H31NO6. The second kappa shape index (κ2) is 12.1. The average molecular weight is 502 g/mol. The van der Waals surface area contributed by atoms with Crippen molar-refractivity contribution < 1.29 is 28.5 Å². The molecule has 7 heteroatoms. The molecule has 0 unspecified atom stereocenters. The standard InChI is InChI=1S/C30H31NO6/c1-20(2)18-35-26-10-7-11-27(28(26)30(32)33)36-19-22-12-14-24(15-13-22)34-17-16-25-21(3)37-29(31-25)23-8-5-4-6-9-23/h4-15,20H,16-19H2,1-3H3,(H,32,33). The van der Waals surface area contributed by atoms with Crippen LogP contribution in [0.5, 0.6) is 17.2 Å². The van der Waals surface area contributed by atoms with Crippen LogP contribution in [0.25, 0.3) is 11.5 Å². The van der Waals surface area contributed by atoms with Crippen LogP contribution in [0.15, 0.2) is 77.2 Å². The van der Waals surface area contributed by atoms with Gasteiger partial charge in [-0.05, 0) is 54.8 Å². The minimum atomic E-state index is -1.09. The predicted molar refractivity (Wildman–Crippen MR) is 140 cm³/mol. The number of carbonyl (C=O) groups is 1. The second-order valence-electron chi connectivity index (χ2n) is 9.06. The summed E-state index contributed by atoms with van der Waals surface area (Å²) < 4.78 is 23.2. The van der Waals surface area contributed by atoms with Crippen molar-refractivity contribution in [3.8, 4) is 28.7 Å². The number of aromatic carboxylic acids is 1. The van der Waals surface area contributed by atoms with Crippen LogP contribution in [0.2, 0.25) is 0 Å². The topological polar surface area (TPSA) is 91.0 Å². The Kier molecular flexibility index (Phi) is 8.46. The van der Waals surface area contributed by atoms with Gasteiger partial charge in [0.25, 0.3) is 0 Å². The van der Waals surface area contributed by atoms with Gasteiger partial charge in [0.15, 0.2) is 0 Å². The third-order valence-electron chi connectivity index (χ3n) is 5.61. The SMILES string of the molecule is Cc1oc(-c2ccccc2)nc1CCOc1ccc(COc2cccc(OCC(C)C)c2C(=O)O)cc1. The zero-order chi connectivity index (χ0) is 26.2. The molecular weight excluding hydrogens is 470 g/mol. The lowest BCUT2D eigenvalue weighted by molar-refractivity contribution is 0.0686. The number of aromatic nitrogens is 1. The van der Waals surface area contributed by atoms with Gasteiger partial charge in [-0.2, -0.15) is 0 Å². The number of carboxylic acid groups (broad SMARTS) is 1. The molecule has 0 aliphatic carbocycles. The number of hydrogen-bond acceptors (Lipinski definition) is 6. The third kappa shape index (κ3) is 6.91. The Morgan fingerprint density at radius 1 is 0.919 bits per heavy atom. The molecule has 1 N–H and O–H groups in total. The van der Waals surface area contributed by atoms with Gasteiger partial charge in [0.2, 0.25) is 5.89 Å². The minimum absolute atomic E-state index is 0.0293. The first-order valence-corrected chi connectivity index (χ1v) is 12.3. The lowest BCUT2D eigenvalue weighted by Gasteiger charge is -2.15. The Morgan fingerprint density at radius 3 is 2.30 bits per heavy atom. The third-order valence-corrected chi connectivity index (χ3v) is 5.61. The lowest BCUT2D eigenvalue weighted by atomic mass is 10.1. The number of nitrogens with zero attached hydrogens (tertiary/aromatic N) is 1. The molecule has 7 nitrogen and oxygen atoms in total. The quantitative estimate of drug-likeness (QED) is 0.234. The van der Waals surface area contributed by atoms with Gasteiger partial charge in [0.1, 0.15) is 35.2 Å².